The Labute approximate surface area is 181 Å². The van der Waals surface area contributed by atoms with Gasteiger partial charge in [0.05, 0.1) is 10.8 Å². The van der Waals surface area contributed by atoms with E-state index in [0.29, 0.717) is 47.9 Å². The molecule has 0 aliphatic carbocycles. The number of hydrogen-bond acceptors (Lipinski definition) is 6. The highest BCUT2D eigenvalue weighted by molar-refractivity contribution is 7.89. The number of hydrogen-bond donors (Lipinski definition) is 1. The van der Waals surface area contributed by atoms with E-state index in [1.165, 1.54) is 4.31 Å². The minimum absolute atomic E-state index is 0.145. The molecule has 0 bridgehead atoms. The van der Waals surface area contributed by atoms with Crippen LogP contribution in [0, 0.1) is 19.8 Å². The zero-order valence-electron chi connectivity index (χ0n) is 17.4. The molecule has 0 spiro atoms. The van der Waals surface area contributed by atoms with Crippen molar-refractivity contribution in [3.63, 3.8) is 0 Å². The van der Waals surface area contributed by atoms with Gasteiger partial charge in [0.1, 0.15) is 0 Å². The average Bonchev–Trinajstić information content (AvgIpc) is 3.21. The van der Waals surface area contributed by atoms with Crippen LogP contribution in [0.15, 0.2) is 57.9 Å². The molecule has 2 aromatic carbocycles. The molecule has 1 atom stereocenters. The molecule has 1 aliphatic heterocycles. The predicted molar refractivity (Wildman–Crippen MR) is 116 cm³/mol. The van der Waals surface area contributed by atoms with Crippen LogP contribution in [0.5, 0.6) is 0 Å². The van der Waals surface area contributed by atoms with Gasteiger partial charge in [0.15, 0.2) is 0 Å². The predicted octanol–water partition coefficient (Wildman–Crippen LogP) is 3.39. The lowest BCUT2D eigenvalue weighted by molar-refractivity contribution is -0.120. The zero-order valence-corrected chi connectivity index (χ0v) is 18.2. The third kappa shape index (κ3) is 4.52. The fraction of sp³-hybridized carbons (Fsp3) is 0.318. The summed E-state index contributed by atoms with van der Waals surface area (Å²) in [5.74, 6) is 0.168. The van der Waals surface area contributed by atoms with Crippen molar-refractivity contribution in [2.75, 3.05) is 18.4 Å². The number of piperidine rings is 1. The summed E-state index contributed by atoms with van der Waals surface area (Å²) in [7, 11) is -3.79. The maximum Gasteiger partial charge on any atom is 0.243 e. The number of nitrogens with one attached hydrogen (secondary N) is 1. The fourth-order valence-electron chi connectivity index (χ4n) is 3.71. The molecular weight excluding hydrogens is 416 g/mol. The van der Waals surface area contributed by atoms with Crippen LogP contribution in [0.2, 0.25) is 0 Å². The topological polar surface area (TPSA) is 105 Å². The van der Waals surface area contributed by atoms with E-state index in [-0.39, 0.29) is 17.3 Å². The Morgan fingerprint density at radius 2 is 1.94 bits per heavy atom. The van der Waals surface area contributed by atoms with Crippen molar-refractivity contribution in [2.45, 2.75) is 31.6 Å². The van der Waals surface area contributed by atoms with Crippen LogP contribution in [0.3, 0.4) is 0 Å². The number of para-hydroxylation sites is 1. The molecule has 4 rings (SSSR count). The molecule has 8 nitrogen and oxygen atoms in total. The second kappa shape index (κ2) is 8.60. The number of rotatable bonds is 5. The summed E-state index contributed by atoms with van der Waals surface area (Å²) in [6.07, 6.45) is 1.26. The van der Waals surface area contributed by atoms with E-state index in [9.17, 15) is 13.2 Å². The minimum Gasteiger partial charge on any atom is -0.339 e. The van der Waals surface area contributed by atoms with E-state index < -0.39 is 15.9 Å². The minimum atomic E-state index is -3.79. The van der Waals surface area contributed by atoms with Gasteiger partial charge in [-0.15, -0.1) is 0 Å². The molecule has 162 valence electrons. The molecule has 31 heavy (non-hydrogen) atoms. The number of sulfonamides is 1. The first-order valence-electron chi connectivity index (χ1n) is 10.1. The molecule has 1 saturated heterocycles. The summed E-state index contributed by atoms with van der Waals surface area (Å²) < 4.78 is 33.3. The molecule has 0 saturated carbocycles. The summed E-state index contributed by atoms with van der Waals surface area (Å²) in [4.78, 5) is 17.1. The van der Waals surface area contributed by atoms with Crippen molar-refractivity contribution >= 4 is 21.6 Å². The first kappa shape index (κ1) is 21.2. The molecule has 3 aromatic rings. The zero-order chi connectivity index (χ0) is 22.0. The van der Waals surface area contributed by atoms with Crippen LogP contribution < -0.4 is 5.32 Å². The van der Waals surface area contributed by atoms with Crippen molar-refractivity contribution in [3.05, 3.63) is 60.0 Å². The summed E-state index contributed by atoms with van der Waals surface area (Å²) in [5.41, 5.74) is 1.89. The Bertz CT molecular complexity index is 1190. The van der Waals surface area contributed by atoms with Crippen molar-refractivity contribution in [1.29, 1.82) is 0 Å². The molecular formula is C22H24N4O4S. The molecule has 1 amide bonds. The Kier molecular flexibility index (Phi) is 5.88. The summed E-state index contributed by atoms with van der Waals surface area (Å²) in [6, 6.07) is 14.2. The summed E-state index contributed by atoms with van der Waals surface area (Å²) >= 11 is 0. The number of amides is 1. The van der Waals surface area contributed by atoms with E-state index in [4.69, 9.17) is 4.52 Å². The van der Waals surface area contributed by atoms with Gasteiger partial charge in [-0.25, -0.2) is 8.42 Å². The lowest BCUT2D eigenvalue weighted by Gasteiger charge is -2.31. The summed E-state index contributed by atoms with van der Waals surface area (Å²) in [6.45, 7) is 3.95. The molecule has 1 aliphatic rings. The Hall–Kier alpha value is -3.04. The van der Waals surface area contributed by atoms with Crippen LogP contribution in [0.4, 0.5) is 5.69 Å². The highest BCUT2D eigenvalue weighted by atomic mass is 32.2. The van der Waals surface area contributed by atoms with Gasteiger partial charge in [-0.1, -0.05) is 35.5 Å². The van der Waals surface area contributed by atoms with Gasteiger partial charge in [-0.2, -0.15) is 9.29 Å². The number of aromatic nitrogens is 2. The fourth-order valence-corrected chi connectivity index (χ4v) is 5.49. The molecule has 9 heteroatoms. The number of nitrogens with zero attached hydrogens (tertiary/aromatic N) is 3. The monoisotopic (exact) mass is 440 g/mol. The molecule has 1 fully saturated rings. The molecule has 1 unspecified atom stereocenters. The number of anilines is 1. The van der Waals surface area contributed by atoms with E-state index in [1.54, 1.807) is 32.0 Å². The first-order valence-corrected chi connectivity index (χ1v) is 11.6. The van der Waals surface area contributed by atoms with E-state index >= 15 is 0 Å². The molecule has 0 radical (unpaired) electrons. The van der Waals surface area contributed by atoms with Crippen molar-refractivity contribution in [1.82, 2.24) is 14.4 Å². The number of carbonyl (C=O) groups excluding carboxylic acids is 1. The van der Waals surface area contributed by atoms with Gasteiger partial charge in [0.2, 0.25) is 27.6 Å². The maximum atomic E-state index is 13.5. The molecule has 2 heterocycles. The van der Waals surface area contributed by atoms with Crippen LogP contribution in [-0.2, 0) is 14.8 Å². The number of benzene rings is 2. The molecule has 1 aromatic heterocycles. The van der Waals surface area contributed by atoms with Crippen molar-refractivity contribution in [3.8, 4) is 11.4 Å². The largest absolute Gasteiger partial charge is 0.339 e. The quantitative estimate of drug-likeness (QED) is 0.652. The van der Waals surface area contributed by atoms with Gasteiger partial charge in [-0.3, -0.25) is 4.79 Å². The molecule has 1 N–H and O–H groups in total. The van der Waals surface area contributed by atoms with Gasteiger partial charge in [-0.05, 0) is 43.5 Å². The normalized spacial score (nSPS) is 17.4. The first-order chi connectivity index (χ1) is 14.8. The highest BCUT2D eigenvalue weighted by Gasteiger charge is 2.34. The van der Waals surface area contributed by atoms with E-state index in [2.05, 4.69) is 15.5 Å². The smallest absolute Gasteiger partial charge is 0.243 e. The Morgan fingerprint density at radius 3 is 2.65 bits per heavy atom. The average molecular weight is 441 g/mol. The van der Waals surface area contributed by atoms with Crippen LogP contribution in [0.1, 0.15) is 24.3 Å². The van der Waals surface area contributed by atoms with Crippen LogP contribution in [-0.4, -0.2) is 41.9 Å². The highest BCUT2D eigenvalue weighted by Crippen LogP contribution is 2.29. The Balaban J connectivity index is 1.56. The van der Waals surface area contributed by atoms with E-state index in [0.717, 1.165) is 0 Å². The third-order valence-corrected chi connectivity index (χ3v) is 7.40. The van der Waals surface area contributed by atoms with Crippen LogP contribution in [0.25, 0.3) is 11.4 Å². The van der Waals surface area contributed by atoms with Gasteiger partial charge >= 0.3 is 0 Å². The summed E-state index contributed by atoms with van der Waals surface area (Å²) in [5, 5.41) is 6.76. The lowest BCUT2D eigenvalue weighted by Crippen LogP contribution is -2.43. The number of aryl methyl sites for hydroxylation is 2. The second-order valence-corrected chi connectivity index (χ2v) is 9.58. The van der Waals surface area contributed by atoms with Gasteiger partial charge in [0.25, 0.3) is 0 Å². The van der Waals surface area contributed by atoms with Gasteiger partial charge < -0.3 is 9.84 Å². The Morgan fingerprint density at radius 1 is 1.16 bits per heavy atom. The lowest BCUT2D eigenvalue weighted by atomic mass is 9.99. The SMILES string of the molecule is Cc1nc(-c2ccc(C)c(S(=O)(=O)N3CCCC(C(=O)Nc4ccccc4)C3)c2)no1. The standard InChI is InChI=1S/C22H24N4O4S/c1-15-10-11-17(21-23-16(2)30-25-21)13-20(15)31(28,29)26-12-6-7-18(14-26)22(27)24-19-8-4-3-5-9-19/h3-5,8-11,13,18H,6-7,12,14H2,1-2H3,(H,24,27). The van der Waals surface area contributed by atoms with E-state index in [1.807, 2.05) is 30.3 Å². The second-order valence-electron chi connectivity index (χ2n) is 7.67. The maximum absolute atomic E-state index is 13.5. The van der Waals surface area contributed by atoms with Crippen molar-refractivity contribution in [2.24, 2.45) is 5.92 Å². The van der Waals surface area contributed by atoms with Gasteiger partial charge in [0, 0.05) is 31.3 Å². The van der Waals surface area contributed by atoms with Crippen molar-refractivity contribution < 1.29 is 17.7 Å². The third-order valence-electron chi connectivity index (χ3n) is 5.39. The number of carbonyl (C=O) groups is 1. The van der Waals surface area contributed by atoms with Crippen LogP contribution >= 0.6 is 0 Å².